The fourth-order valence-corrected chi connectivity index (χ4v) is 3.56. The third-order valence-electron chi connectivity index (χ3n) is 4.66. The van der Waals surface area contributed by atoms with Crippen LogP contribution in [0.1, 0.15) is 22.3 Å². The summed E-state index contributed by atoms with van der Waals surface area (Å²) in [5, 5.41) is 0.921. The van der Waals surface area contributed by atoms with Crippen LogP contribution in [0.2, 0.25) is 5.02 Å². The summed E-state index contributed by atoms with van der Waals surface area (Å²) in [6, 6.07) is 8.82. The van der Waals surface area contributed by atoms with Gasteiger partial charge in [-0.1, -0.05) is 23.7 Å². The fourth-order valence-electron chi connectivity index (χ4n) is 3.32. The Kier molecular flexibility index (Phi) is 4.24. The average molecular weight is 373 g/mol. The van der Waals surface area contributed by atoms with E-state index in [0.29, 0.717) is 19.5 Å². The van der Waals surface area contributed by atoms with E-state index >= 15 is 0 Å². The van der Waals surface area contributed by atoms with Crippen LogP contribution >= 0.6 is 11.6 Å². The molecular formula is C20H15ClF2N2O. The molecule has 0 atom stereocenters. The number of hydrogen-bond acceptors (Lipinski definition) is 1. The number of amides is 1. The molecule has 26 heavy (non-hydrogen) atoms. The number of halogens is 3. The minimum atomic E-state index is -0.621. The van der Waals surface area contributed by atoms with Crippen LogP contribution in [0.15, 0.2) is 48.7 Å². The van der Waals surface area contributed by atoms with Gasteiger partial charge in [0.15, 0.2) is 0 Å². The number of carbonyl (C=O) groups is 1. The number of nitrogens with one attached hydrogen (secondary N) is 1. The molecule has 0 radical (unpaired) electrons. The van der Waals surface area contributed by atoms with Crippen LogP contribution in [0.5, 0.6) is 0 Å². The summed E-state index contributed by atoms with van der Waals surface area (Å²) in [5.74, 6) is -1.33. The molecule has 132 valence electrons. The number of carbonyl (C=O) groups excluding carboxylic acids is 1. The summed E-state index contributed by atoms with van der Waals surface area (Å²) < 4.78 is 27.5. The maximum absolute atomic E-state index is 14.0. The molecule has 4 rings (SSSR count). The zero-order valence-electron chi connectivity index (χ0n) is 13.7. The topological polar surface area (TPSA) is 36.1 Å². The number of benzene rings is 2. The molecule has 1 amide bonds. The third kappa shape index (κ3) is 2.88. The standard InChI is InChI=1S/C20H15ClF2N2O/c21-16-2-1-3-17(23)19(16)20(26)25-8-6-12(7-9-25)15-11-24-18-5-4-13(22)10-14(15)18/h1-6,10-11,24H,7-9H2. The molecule has 0 unspecified atom stereocenters. The van der Waals surface area contributed by atoms with Crippen LogP contribution in [-0.4, -0.2) is 28.9 Å². The lowest BCUT2D eigenvalue weighted by atomic mass is 9.98. The van der Waals surface area contributed by atoms with Gasteiger partial charge in [0.2, 0.25) is 0 Å². The lowest BCUT2D eigenvalue weighted by Crippen LogP contribution is -2.35. The van der Waals surface area contributed by atoms with Crippen molar-refractivity contribution in [1.82, 2.24) is 9.88 Å². The molecule has 0 aliphatic carbocycles. The van der Waals surface area contributed by atoms with Crippen molar-refractivity contribution in [1.29, 1.82) is 0 Å². The molecule has 1 aromatic heterocycles. The van der Waals surface area contributed by atoms with Gasteiger partial charge in [0.05, 0.1) is 10.6 Å². The number of aromatic amines is 1. The summed E-state index contributed by atoms with van der Waals surface area (Å²) in [4.78, 5) is 17.3. The normalized spacial score (nSPS) is 14.6. The van der Waals surface area contributed by atoms with Gasteiger partial charge in [-0.15, -0.1) is 0 Å². The Bertz CT molecular complexity index is 1020. The van der Waals surface area contributed by atoms with Gasteiger partial charge in [0, 0.05) is 35.8 Å². The second-order valence-corrected chi connectivity index (χ2v) is 6.63. The van der Waals surface area contributed by atoms with E-state index in [9.17, 15) is 13.6 Å². The Balaban J connectivity index is 1.60. The minimum absolute atomic E-state index is 0.0971. The second-order valence-electron chi connectivity index (χ2n) is 6.22. The van der Waals surface area contributed by atoms with Gasteiger partial charge in [-0.2, -0.15) is 0 Å². The molecule has 1 N–H and O–H groups in total. The average Bonchev–Trinajstić information content (AvgIpc) is 3.04. The van der Waals surface area contributed by atoms with Crippen molar-refractivity contribution in [3.8, 4) is 0 Å². The van der Waals surface area contributed by atoms with E-state index in [1.54, 1.807) is 11.0 Å². The first kappa shape index (κ1) is 16.8. The molecule has 2 aromatic carbocycles. The third-order valence-corrected chi connectivity index (χ3v) is 4.98. The number of hydrogen-bond donors (Lipinski definition) is 1. The quantitative estimate of drug-likeness (QED) is 0.673. The highest BCUT2D eigenvalue weighted by Gasteiger charge is 2.24. The van der Waals surface area contributed by atoms with E-state index in [-0.39, 0.29) is 16.4 Å². The minimum Gasteiger partial charge on any atom is -0.361 e. The summed E-state index contributed by atoms with van der Waals surface area (Å²) in [5.41, 5.74) is 2.72. The van der Waals surface area contributed by atoms with Gasteiger partial charge in [-0.25, -0.2) is 8.78 Å². The van der Waals surface area contributed by atoms with Crippen molar-refractivity contribution in [2.24, 2.45) is 0 Å². The highest BCUT2D eigenvalue weighted by Crippen LogP contribution is 2.30. The van der Waals surface area contributed by atoms with Crippen molar-refractivity contribution in [3.05, 3.63) is 76.5 Å². The number of nitrogens with zero attached hydrogens (tertiary/aromatic N) is 1. The highest BCUT2D eigenvalue weighted by atomic mass is 35.5. The van der Waals surface area contributed by atoms with Crippen molar-refractivity contribution in [2.45, 2.75) is 6.42 Å². The van der Waals surface area contributed by atoms with Gasteiger partial charge in [-0.3, -0.25) is 4.79 Å². The van der Waals surface area contributed by atoms with Gasteiger partial charge in [0.25, 0.3) is 5.91 Å². The first-order chi connectivity index (χ1) is 12.5. The molecule has 6 heteroatoms. The molecule has 3 nitrogen and oxygen atoms in total. The molecule has 0 fully saturated rings. The summed E-state index contributed by atoms with van der Waals surface area (Å²) in [7, 11) is 0. The zero-order valence-corrected chi connectivity index (χ0v) is 14.5. The Morgan fingerprint density at radius 1 is 1.19 bits per heavy atom. The Morgan fingerprint density at radius 3 is 2.77 bits per heavy atom. The largest absolute Gasteiger partial charge is 0.361 e. The van der Waals surface area contributed by atoms with E-state index in [0.717, 1.165) is 22.0 Å². The number of H-pyrrole nitrogens is 1. The van der Waals surface area contributed by atoms with Crippen LogP contribution in [0.25, 0.3) is 16.5 Å². The van der Waals surface area contributed by atoms with Crippen LogP contribution < -0.4 is 0 Å². The summed E-state index contributed by atoms with van der Waals surface area (Å²) in [6.07, 6.45) is 4.37. The van der Waals surface area contributed by atoms with Crippen molar-refractivity contribution in [2.75, 3.05) is 13.1 Å². The summed E-state index contributed by atoms with van der Waals surface area (Å²) in [6.45, 7) is 0.790. The van der Waals surface area contributed by atoms with Crippen LogP contribution in [0.3, 0.4) is 0 Å². The van der Waals surface area contributed by atoms with Gasteiger partial charge in [0.1, 0.15) is 11.6 Å². The number of aromatic nitrogens is 1. The van der Waals surface area contributed by atoms with Gasteiger partial charge >= 0.3 is 0 Å². The number of rotatable bonds is 2. The summed E-state index contributed by atoms with van der Waals surface area (Å²) >= 11 is 5.99. The molecule has 0 saturated carbocycles. The maximum Gasteiger partial charge on any atom is 0.258 e. The van der Waals surface area contributed by atoms with Gasteiger partial charge in [-0.05, 0) is 42.3 Å². The van der Waals surface area contributed by atoms with E-state index in [1.807, 2.05) is 12.3 Å². The number of fused-ring (bicyclic) bond motifs is 1. The van der Waals surface area contributed by atoms with Crippen LogP contribution in [0, 0.1) is 11.6 Å². The fraction of sp³-hybridized carbons (Fsp3) is 0.150. The first-order valence-corrected chi connectivity index (χ1v) is 8.61. The molecule has 0 bridgehead atoms. The zero-order chi connectivity index (χ0) is 18.3. The van der Waals surface area contributed by atoms with Crippen molar-refractivity contribution in [3.63, 3.8) is 0 Å². The van der Waals surface area contributed by atoms with E-state index < -0.39 is 11.7 Å². The molecule has 0 spiro atoms. The lowest BCUT2D eigenvalue weighted by molar-refractivity contribution is 0.0768. The molecule has 1 aliphatic heterocycles. The highest BCUT2D eigenvalue weighted by molar-refractivity contribution is 6.33. The predicted octanol–water partition coefficient (Wildman–Crippen LogP) is 5.03. The first-order valence-electron chi connectivity index (χ1n) is 8.24. The predicted molar refractivity (Wildman–Crippen MR) is 98.2 cm³/mol. The monoisotopic (exact) mass is 372 g/mol. The van der Waals surface area contributed by atoms with Gasteiger partial charge < -0.3 is 9.88 Å². The molecule has 1 aliphatic rings. The second kappa shape index (κ2) is 6.57. The van der Waals surface area contributed by atoms with Crippen LogP contribution in [-0.2, 0) is 0 Å². The molecule has 3 aromatic rings. The molecule has 2 heterocycles. The van der Waals surface area contributed by atoms with E-state index in [4.69, 9.17) is 11.6 Å². The Morgan fingerprint density at radius 2 is 2.04 bits per heavy atom. The van der Waals surface area contributed by atoms with Crippen molar-refractivity contribution >= 4 is 34.0 Å². The van der Waals surface area contributed by atoms with Crippen LogP contribution in [0.4, 0.5) is 8.78 Å². The van der Waals surface area contributed by atoms with Crippen molar-refractivity contribution < 1.29 is 13.6 Å². The lowest BCUT2D eigenvalue weighted by Gasteiger charge is -2.27. The molecular weight excluding hydrogens is 358 g/mol. The van der Waals surface area contributed by atoms with E-state index in [2.05, 4.69) is 4.98 Å². The Labute approximate surface area is 153 Å². The molecule has 0 saturated heterocycles. The van der Waals surface area contributed by atoms with E-state index in [1.165, 1.54) is 30.3 Å². The smallest absolute Gasteiger partial charge is 0.258 e. The Hall–Kier alpha value is -2.66. The SMILES string of the molecule is O=C(c1c(F)cccc1Cl)N1CC=C(c2c[nH]c3ccc(F)cc23)CC1. The maximum atomic E-state index is 14.0.